The lowest BCUT2D eigenvalue weighted by molar-refractivity contribution is 0.0635. The molecular weight excluding hydrogens is 194 g/mol. The van der Waals surface area contributed by atoms with E-state index in [1.54, 1.807) is 6.20 Å². The van der Waals surface area contributed by atoms with Gasteiger partial charge >= 0.3 is 6.09 Å². The number of H-pyrrole nitrogens is 1. The molecular formula is C10H17N3O2. The van der Waals surface area contributed by atoms with Crippen LogP contribution in [0.2, 0.25) is 0 Å². The Bertz CT molecular complexity index is 339. The zero-order chi connectivity index (χ0) is 11.5. The molecule has 0 fully saturated rings. The second-order valence-corrected chi connectivity index (χ2v) is 4.24. The molecule has 0 spiro atoms. The summed E-state index contributed by atoms with van der Waals surface area (Å²) in [6, 6.07) is 0. The molecule has 2 N–H and O–H groups in total. The third-order valence-corrected chi connectivity index (χ3v) is 1.63. The van der Waals surface area contributed by atoms with Crippen LogP contribution in [0.1, 0.15) is 33.4 Å². The highest BCUT2D eigenvalue weighted by atomic mass is 16.6. The highest BCUT2D eigenvalue weighted by Gasteiger charge is 2.16. The quantitative estimate of drug-likeness (QED) is 0.788. The lowest BCUT2D eigenvalue weighted by Gasteiger charge is -2.18. The standard InChI is InChI=1S/C10H17N3O2/c1-5-7-6-11-8(12-7)13-9(14)15-10(2,3)4/h6H,5H2,1-4H3,(H2,11,12,13,14). The predicted octanol–water partition coefficient (Wildman–Crippen LogP) is 2.32. The van der Waals surface area contributed by atoms with E-state index in [2.05, 4.69) is 15.3 Å². The molecule has 0 saturated carbocycles. The minimum Gasteiger partial charge on any atom is -0.444 e. The normalized spacial score (nSPS) is 11.2. The van der Waals surface area contributed by atoms with E-state index in [0.29, 0.717) is 5.95 Å². The number of imidazole rings is 1. The molecule has 1 aromatic rings. The van der Waals surface area contributed by atoms with Gasteiger partial charge in [0.05, 0.1) is 6.20 Å². The topological polar surface area (TPSA) is 67.0 Å². The van der Waals surface area contributed by atoms with Gasteiger partial charge in [-0.1, -0.05) is 6.92 Å². The molecule has 0 radical (unpaired) electrons. The molecule has 0 saturated heterocycles. The Labute approximate surface area is 89.2 Å². The fourth-order valence-electron chi connectivity index (χ4n) is 1.00. The summed E-state index contributed by atoms with van der Waals surface area (Å²) in [6.07, 6.45) is 2.04. The van der Waals surface area contributed by atoms with Gasteiger partial charge in [0.25, 0.3) is 0 Å². The van der Waals surface area contributed by atoms with E-state index in [1.807, 2.05) is 27.7 Å². The highest BCUT2D eigenvalue weighted by Crippen LogP contribution is 2.09. The largest absolute Gasteiger partial charge is 0.444 e. The van der Waals surface area contributed by atoms with Gasteiger partial charge in [0.2, 0.25) is 5.95 Å². The zero-order valence-electron chi connectivity index (χ0n) is 9.55. The highest BCUT2D eigenvalue weighted by molar-refractivity contribution is 5.82. The van der Waals surface area contributed by atoms with E-state index >= 15 is 0 Å². The van der Waals surface area contributed by atoms with Crippen molar-refractivity contribution in [1.29, 1.82) is 0 Å². The van der Waals surface area contributed by atoms with Crippen LogP contribution in [0.15, 0.2) is 6.20 Å². The molecule has 1 heterocycles. The number of ether oxygens (including phenoxy) is 1. The van der Waals surface area contributed by atoms with Gasteiger partial charge in [-0.25, -0.2) is 9.78 Å². The van der Waals surface area contributed by atoms with Crippen LogP contribution in [-0.4, -0.2) is 21.7 Å². The van der Waals surface area contributed by atoms with Crippen molar-refractivity contribution in [2.45, 2.75) is 39.7 Å². The van der Waals surface area contributed by atoms with Crippen molar-refractivity contribution in [1.82, 2.24) is 9.97 Å². The number of hydrogen-bond acceptors (Lipinski definition) is 3. The SMILES string of the molecule is CCc1cnc(NC(=O)OC(C)(C)C)[nH]1. The zero-order valence-corrected chi connectivity index (χ0v) is 9.55. The van der Waals surface area contributed by atoms with Gasteiger partial charge in [-0.3, -0.25) is 5.32 Å². The number of anilines is 1. The van der Waals surface area contributed by atoms with Crippen LogP contribution < -0.4 is 5.32 Å². The van der Waals surface area contributed by atoms with Crippen LogP contribution in [0.25, 0.3) is 0 Å². The fraction of sp³-hybridized carbons (Fsp3) is 0.600. The molecule has 5 heteroatoms. The van der Waals surface area contributed by atoms with Crippen molar-refractivity contribution >= 4 is 12.0 Å². The Balaban J connectivity index is 2.51. The van der Waals surface area contributed by atoms with E-state index in [4.69, 9.17) is 4.74 Å². The number of hydrogen-bond donors (Lipinski definition) is 2. The number of amides is 1. The average Bonchev–Trinajstić information content (AvgIpc) is 2.48. The third-order valence-electron chi connectivity index (χ3n) is 1.63. The molecule has 0 bridgehead atoms. The van der Waals surface area contributed by atoms with Crippen molar-refractivity contribution in [3.63, 3.8) is 0 Å². The van der Waals surface area contributed by atoms with E-state index in [-0.39, 0.29) is 0 Å². The Morgan fingerprint density at radius 1 is 1.60 bits per heavy atom. The summed E-state index contributed by atoms with van der Waals surface area (Å²) >= 11 is 0. The van der Waals surface area contributed by atoms with E-state index in [9.17, 15) is 4.79 Å². The summed E-state index contributed by atoms with van der Waals surface area (Å²) in [7, 11) is 0. The number of carbonyl (C=O) groups excluding carboxylic acids is 1. The van der Waals surface area contributed by atoms with Gasteiger partial charge in [-0.2, -0.15) is 0 Å². The first-order valence-corrected chi connectivity index (χ1v) is 4.94. The smallest absolute Gasteiger partial charge is 0.414 e. The second-order valence-electron chi connectivity index (χ2n) is 4.24. The second kappa shape index (κ2) is 4.33. The van der Waals surface area contributed by atoms with Crippen LogP contribution in [0, 0.1) is 0 Å². The summed E-state index contributed by atoms with van der Waals surface area (Å²) in [6.45, 7) is 7.44. The lowest BCUT2D eigenvalue weighted by atomic mass is 10.2. The van der Waals surface area contributed by atoms with Crippen molar-refractivity contribution in [3.05, 3.63) is 11.9 Å². The van der Waals surface area contributed by atoms with Crippen molar-refractivity contribution < 1.29 is 9.53 Å². The number of nitrogens with zero attached hydrogens (tertiary/aromatic N) is 1. The maximum atomic E-state index is 11.3. The summed E-state index contributed by atoms with van der Waals surface area (Å²) in [5.41, 5.74) is 0.477. The van der Waals surface area contributed by atoms with Crippen molar-refractivity contribution in [2.24, 2.45) is 0 Å². The van der Waals surface area contributed by atoms with Crippen LogP contribution in [0.4, 0.5) is 10.7 Å². The Hall–Kier alpha value is -1.52. The minimum absolute atomic E-state index is 0.418. The Kier molecular flexibility index (Phi) is 3.34. The van der Waals surface area contributed by atoms with Crippen molar-refractivity contribution in [2.75, 3.05) is 5.32 Å². The molecule has 1 amide bonds. The Morgan fingerprint density at radius 2 is 2.27 bits per heavy atom. The fourth-order valence-corrected chi connectivity index (χ4v) is 1.00. The summed E-state index contributed by atoms with van der Waals surface area (Å²) in [4.78, 5) is 18.3. The monoisotopic (exact) mass is 211 g/mol. The molecule has 1 rings (SSSR count). The molecule has 0 unspecified atom stereocenters. The summed E-state index contributed by atoms with van der Waals surface area (Å²) in [5, 5.41) is 2.53. The maximum absolute atomic E-state index is 11.3. The number of aryl methyl sites for hydroxylation is 1. The molecule has 0 aliphatic heterocycles. The number of aromatic amines is 1. The van der Waals surface area contributed by atoms with Crippen molar-refractivity contribution in [3.8, 4) is 0 Å². The first-order chi connectivity index (χ1) is 6.90. The van der Waals surface area contributed by atoms with Crippen LogP contribution >= 0.6 is 0 Å². The molecule has 84 valence electrons. The van der Waals surface area contributed by atoms with Gasteiger partial charge in [0.15, 0.2) is 0 Å². The van der Waals surface area contributed by atoms with Gasteiger partial charge in [-0.05, 0) is 27.2 Å². The number of rotatable bonds is 2. The van der Waals surface area contributed by atoms with Crippen LogP contribution in [-0.2, 0) is 11.2 Å². The lowest BCUT2D eigenvalue weighted by Crippen LogP contribution is -2.27. The molecule has 5 nitrogen and oxygen atoms in total. The van der Waals surface area contributed by atoms with E-state index < -0.39 is 11.7 Å². The van der Waals surface area contributed by atoms with Gasteiger partial charge in [-0.15, -0.1) is 0 Å². The first kappa shape index (κ1) is 11.6. The summed E-state index contributed by atoms with van der Waals surface area (Å²) < 4.78 is 5.07. The molecule has 15 heavy (non-hydrogen) atoms. The third kappa shape index (κ3) is 4.01. The van der Waals surface area contributed by atoms with E-state index in [0.717, 1.165) is 12.1 Å². The minimum atomic E-state index is -0.500. The van der Waals surface area contributed by atoms with Gasteiger partial charge in [0, 0.05) is 5.69 Å². The average molecular weight is 211 g/mol. The number of aromatic nitrogens is 2. The number of carbonyl (C=O) groups is 1. The number of nitrogens with one attached hydrogen (secondary N) is 2. The molecule has 0 aliphatic rings. The van der Waals surface area contributed by atoms with Gasteiger partial charge in [0.1, 0.15) is 5.60 Å². The summed E-state index contributed by atoms with van der Waals surface area (Å²) in [5.74, 6) is 0.418. The van der Waals surface area contributed by atoms with Gasteiger partial charge < -0.3 is 9.72 Å². The molecule has 0 aromatic carbocycles. The predicted molar refractivity (Wildman–Crippen MR) is 57.8 cm³/mol. The molecule has 0 aliphatic carbocycles. The molecule has 0 atom stereocenters. The Morgan fingerprint density at radius 3 is 2.73 bits per heavy atom. The van der Waals surface area contributed by atoms with Crippen LogP contribution in [0.3, 0.4) is 0 Å². The van der Waals surface area contributed by atoms with Crippen LogP contribution in [0.5, 0.6) is 0 Å². The van der Waals surface area contributed by atoms with E-state index in [1.165, 1.54) is 0 Å². The maximum Gasteiger partial charge on any atom is 0.414 e. The first-order valence-electron chi connectivity index (χ1n) is 4.94. The molecule has 1 aromatic heterocycles.